The number of anilines is 3. The number of hydrogen-bond acceptors (Lipinski definition) is 8. The standard InChI is InChI=1S/C23H22N8O/c24-16-3-1-2-15(10-16)23(32)30-20-11-14(4-9-27-20)21-29-19-13-26-8-6-18(19)22(31-21)28-17-5-7-25-12-17/h1-4,6,8-11,13,17,25H,5,7,12,24H2,(H,27,30,32)(H,28,29,31). The van der Waals surface area contributed by atoms with Crippen molar-refractivity contribution in [3.05, 3.63) is 66.6 Å². The second-order valence-corrected chi connectivity index (χ2v) is 7.63. The highest BCUT2D eigenvalue weighted by atomic mass is 16.1. The van der Waals surface area contributed by atoms with Gasteiger partial charge in [0.1, 0.15) is 11.6 Å². The van der Waals surface area contributed by atoms with Crippen LogP contribution in [0.2, 0.25) is 0 Å². The van der Waals surface area contributed by atoms with Crippen molar-refractivity contribution in [3.63, 3.8) is 0 Å². The number of nitrogen functional groups attached to an aromatic ring is 1. The van der Waals surface area contributed by atoms with E-state index in [9.17, 15) is 4.79 Å². The van der Waals surface area contributed by atoms with Crippen LogP contribution >= 0.6 is 0 Å². The number of nitrogens with zero attached hydrogens (tertiary/aromatic N) is 4. The van der Waals surface area contributed by atoms with E-state index >= 15 is 0 Å². The molecule has 3 aromatic heterocycles. The third-order valence-corrected chi connectivity index (χ3v) is 5.31. The van der Waals surface area contributed by atoms with Crippen LogP contribution in [0.25, 0.3) is 22.3 Å². The van der Waals surface area contributed by atoms with Gasteiger partial charge in [0, 0.05) is 47.2 Å². The first-order valence-corrected chi connectivity index (χ1v) is 10.4. The summed E-state index contributed by atoms with van der Waals surface area (Å²) in [4.78, 5) is 30.5. The van der Waals surface area contributed by atoms with Gasteiger partial charge in [0.05, 0.1) is 11.7 Å². The highest BCUT2D eigenvalue weighted by Crippen LogP contribution is 2.26. The molecule has 0 saturated carbocycles. The fourth-order valence-corrected chi connectivity index (χ4v) is 3.70. The Morgan fingerprint density at radius 2 is 2.06 bits per heavy atom. The van der Waals surface area contributed by atoms with Crippen molar-refractivity contribution >= 4 is 34.1 Å². The van der Waals surface area contributed by atoms with E-state index < -0.39 is 0 Å². The van der Waals surface area contributed by atoms with Gasteiger partial charge < -0.3 is 21.7 Å². The molecular weight excluding hydrogens is 404 g/mol. The van der Waals surface area contributed by atoms with Crippen LogP contribution in [0.15, 0.2) is 61.1 Å². The lowest BCUT2D eigenvalue weighted by Crippen LogP contribution is -2.23. The van der Waals surface area contributed by atoms with Crippen LogP contribution in [0.4, 0.5) is 17.3 Å². The van der Waals surface area contributed by atoms with E-state index in [2.05, 4.69) is 30.9 Å². The quantitative estimate of drug-likeness (QED) is 0.358. The molecule has 0 spiro atoms. The molecule has 9 nitrogen and oxygen atoms in total. The lowest BCUT2D eigenvalue weighted by atomic mass is 10.2. The molecule has 1 fully saturated rings. The predicted molar refractivity (Wildman–Crippen MR) is 124 cm³/mol. The Balaban J connectivity index is 1.46. The highest BCUT2D eigenvalue weighted by molar-refractivity contribution is 6.04. The van der Waals surface area contributed by atoms with Gasteiger partial charge >= 0.3 is 0 Å². The van der Waals surface area contributed by atoms with Crippen molar-refractivity contribution in [1.82, 2.24) is 25.3 Å². The highest BCUT2D eigenvalue weighted by Gasteiger charge is 2.18. The van der Waals surface area contributed by atoms with Crippen molar-refractivity contribution in [3.8, 4) is 11.4 Å². The molecule has 4 aromatic rings. The summed E-state index contributed by atoms with van der Waals surface area (Å²) in [6.45, 7) is 1.87. The normalized spacial score (nSPS) is 15.6. The molecule has 0 aliphatic carbocycles. The number of rotatable bonds is 5. The van der Waals surface area contributed by atoms with Crippen LogP contribution in [0.1, 0.15) is 16.8 Å². The molecule has 1 saturated heterocycles. The summed E-state index contributed by atoms with van der Waals surface area (Å²) in [6.07, 6.45) is 6.11. The monoisotopic (exact) mass is 426 g/mol. The molecule has 160 valence electrons. The number of aromatic nitrogens is 4. The Labute approximate surface area is 184 Å². The second kappa shape index (κ2) is 8.56. The molecule has 1 aliphatic heterocycles. The van der Waals surface area contributed by atoms with Crippen LogP contribution in [0.3, 0.4) is 0 Å². The molecule has 1 aliphatic rings. The Morgan fingerprint density at radius 1 is 1.12 bits per heavy atom. The lowest BCUT2D eigenvalue weighted by Gasteiger charge is -2.15. The van der Waals surface area contributed by atoms with Crippen molar-refractivity contribution in [2.45, 2.75) is 12.5 Å². The maximum Gasteiger partial charge on any atom is 0.256 e. The first kappa shape index (κ1) is 19.8. The number of carbonyl (C=O) groups excluding carboxylic acids is 1. The zero-order chi connectivity index (χ0) is 21.9. The average Bonchev–Trinajstić information content (AvgIpc) is 3.32. The Hall–Kier alpha value is -4.11. The third-order valence-electron chi connectivity index (χ3n) is 5.31. The van der Waals surface area contributed by atoms with Gasteiger partial charge in [-0.05, 0) is 49.4 Å². The van der Waals surface area contributed by atoms with Gasteiger partial charge in [-0.1, -0.05) is 6.07 Å². The number of hydrogen-bond donors (Lipinski definition) is 4. The molecule has 1 aromatic carbocycles. The Morgan fingerprint density at radius 3 is 2.91 bits per heavy atom. The first-order valence-electron chi connectivity index (χ1n) is 10.4. The maximum absolute atomic E-state index is 12.6. The number of benzene rings is 1. The minimum Gasteiger partial charge on any atom is -0.399 e. The zero-order valence-electron chi connectivity index (χ0n) is 17.2. The summed E-state index contributed by atoms with van der Waals surface area (Å²) < 4.78 is 0. The summed E-state index contributed by atoms with van der Waals surface area (Å²) in [6, 6.07) is 12.6. The summed E-state index contributed by atoms with van der Waals surface area (Å²) in [7, 11) is 0. The van der Waals surface area contributed by atoms with Gasteiger partial charge in [-0.2, -0.15) is 0 Å². The first-order chi connectivity index (χ1) is 15.7. The molecule has 5 rings (SSSR count). The summed E-state index contributed by atoms with van der Waals surface area (Å²) >= 11 is 0. The van der Waals surface area contributed by atoms with E-state index in [0.717, 1.165) is 41.8 Å². The number of pyridine rings is 2. The van der Waals surface area contributed by atoms with Gasteiger partial charge in [-0.3, -0.25) is 9.78 Å². The van der Waals surface area contributed by atoms with E-state index in [1.807, 2.05) is 12.1 Å². The van der Waals surface area contributed by atoms with Gasteiger partial charge in [0.2, 0.25) is 0 Å². The summed E-state index contributed by atoms with van der Waals surface area (Å²) in [5, 5.41) is 10.6. The van der Waals surface area contributed by atoms with E-state index in [4.69, 9.17) is 10.7 Å². The van der Waals surface area contributed by atoms with Gasteiger partial charge in [-0.15, -0.1) is 0 Å². The molecular formula is C23H22N8O. The smallest absolute Gasteiger partial charge is 0.256 e. The minimum absolute atomic E-state index is 0.290. The number of nitrogens with one attached hydrogen (secondary N) is 3. The number of carbonyl (C=O) groups is 1. The van der Waals surface area contributed by atoms with E-state index in [1.165, 1.54) is 0 Å². The van der Waals surface area contributed by atoms with Crippen LogP contribution in [0.5, 0.6) is 0 Å². The number of fused-ring (bicyclic) bond motifs is 1. The van der Waals surface area contributed by atoms with Crippen LogP contribution in [-0.4, -0.2) is 45.0 Å². The topological polar surface area (TPSA) is 131 Å². The van der Waals surface area contributed by atoms with E-state index in [1.54, 1.807) is 48.9 Å². The SMILES string of the molecule is Nc1cccc(C(=O)Nc2cc(-c3nc(NC4CCNC4)c4ccncc4n3)ccn2)c1. The van der Waals surface area contributed by atoms with Gasteiger partial charge in [-0.25, -0.2) is 15.0 Å². The molecule has 4 heterocycles. The van der Waals surface area contributed by atoms with Crippen molar-refractivity contribution < 1.29 is 4.79 Å². The zero-order valence-corrected chi connectivity index (χ0v) is 17.2. The van der Waals surface area contributed by atoms with Crippen molar-refractivity contribution in [2.24, 2.45) is 0 Å². The van der Waals surface area contributed by atoms with Crippen LogP contribution in [0, 0.1) is 0 Å². The molecule has 5 N–H and O–H groups in total. The third kappa shape index (κ3) is 4.19. The maximum atomic E-state index is 12.6. The van der Waals surface area contributed by atoms with Gasteiger partial charge in [0.25, 0.3) is 5.91 Å². The molecule has 9 heteroatoms. The predicted octanol–water partition coefficient (Wildman–Crippen LogP) is 2.70. The van der Waals surface area contributed by atoms with E-state index in [0.29, 0.717) is 28.9 Å². The van der Waals surface area contributed by atoms with Crippen molar-refractivity contribution in [1.29, 1.82) is 0 Å². The molecule has 0 radical (unpaired) electrons. The number of amides is 1. The molecule has 32 heavy (non-hydrogen) atoms. The Bertz CT molecular complexity index is 1290. The molecule has 1 unspecified atom stereocenters. The largest absolute Gasteiger partial charge is 0.399 e. The minimum atomic E-state index is -0.290. The van der Waals surface area contributed by atoms with Crippen LogP contribution in [-0.2, 0) is 0 Å². The van der Waals surface area contributed by atoms with Crippen molar-refractivity contribution in [2.75, 3.05) is 29.5 Å². The molecule has 1 atom stereocenters. The number of nitrogens with two attached hydrogens (primary N) is 1. The Kier molecular flexibility index (Phi) is 5.30. The molecule has 0 bridgehead atoms. The summed E-state index contributed by atoms with van der Waals surface area (Å²) in [5.74, 6) is 1.41. The fraction of sp³-hybridized carbons (Fsp3) is 0.174. The average molecular weight is 426 g/mol. The van der Waals surface area contributed by atoms with Crippen LogP contribution < -0.4 is 21.7 Å². The second-order valence-electron chi connectivity index (χ2n) is 7.63. The fourth-order valence-electron chi connectivity index (χ4n) is 3.70. The molecule has 1 amide bonds. The van der Waals surface area contributed by atoms with Gasteiger partial charge in [0.15, 0.2) is 5.82 Å². The lowest BCUT2D eigenvalue weighted by molar-refractivity contribution is 0.102. The van der Waals surface area contributed by atoms with E-state index in [-0.39, 0.29) is 5.91 Å². The summed E-state index contributed by atoms with van der Waals surface area (Å²) in [5.41, 5.74) is 8.24.